The number of hydrogen-bond donors (Lipinski definition) is 0. The van der Waals surface area contributed by atoms with Crippen LogP contribution < -0.4 is 4.90 Å². The maximum atomic E-state index is 12.5. The standard InChI is InChI=1S/C16H21N3O6/c1-2-25-16(21)15(20)18(8-7-17-9-11-24-12-10-17)13-5-3-4-6-14(13)19(22)23/h3-6H,2,7-12H2,1H3. The SMILES string of the molecule is CCOC(=O)C(=O)N(CCN1CCOCC1)c1ccccc1[N+](=O)[O-]. The van der Waals surface area contributed by atoms with Crippen LogP contribution in [0.5, 0.6) is 0 Å². The van der Waals surface area contributed by atoms with Gasteiger partial charge in [-0.15, -0.1) is 0 Å². The van der Waals surface area contributed by atoms with Crippen molar-refractivity contribution in [2.24, 2.45) is 0 Å². The normalized spacial score (nSPS) is 14.8. The zero-order chi connectivity index (χ0) is 18.2. The Balaban J connectivity index is 2.23. The lowest BCUT2D eigenvalue weighted by atomic mass is 10.2. The Morgan fingerprint density at radius 2 is 2.00 bits per heavy atom. The lowest BCUT2D eigenvalue weighted by Crippen LogP contribution is -2.45. The molecule has 0 N–H and O–H groups in total. The van der Waals surface area contributed by atoms with Crippen molar-refractivity contribution in [1.82, 2.24) is 4.90 Å². The minimum absolute atomic E-state index is 0.0543. The average molecular weight is 351 g/mol. The van der Waals surface area contributed by atoms with Crippen LogP contribution >= 0.6 is 0 Å². The summed E-state index contributed by atoms with van der Waals surface area (Å²) in [7, 11) is 0. The number of esters is 1. The van der Waals surface area contributed by atoms with Crippen molar-refractivity contribution in [3.05, 3.63) is 34.4 Å². The monoisotopic (exact) mass is 351 g/mol. The van der Waals surface area contributed by atoms with Crippen molar-refractivity contribution < 1.29 is 24.0 Å². The first-order valence-electron chi connectivity index (χ1n) is 8.06. The molecule has 1 aliphatic heterocycles. The number of para-hydroxylation sites is 2. The molecule has 1 amide bonds. The molecule has 1 aromatic carbocycles. The number of benzene rings is 1. The molecule has 1 aliphatic rings. The Labute approximate surface area is 145 Å². The molecule has 0 unspecified atom stereocenters. The topological polar surface area (TPSA) is 102 Å². The molecule has 0 bridgehead atoms. The van der Waals surface area contributed by atoms with E-state index in [-0.39, 0.29) is 24.5 Å². The number of ether oxygens (including phenoxy) is 2. The molecule has 1 aromatic rings. The van der Waals surface area contributed by atoms with Crippen LogP contribution in [-0.4, -0.2) is 67.7 Å². The minimum atomic E-state index is -1.03. The predicted molar refractivity (Wildman–Crippen MR) is 89.3 cm³/mol. The molecule has 1 fully saturated rings. The molecule has 0 aliphatic carbocycles. The Hall–Kier alpha value is -2.52. The van der Waals surface area contributed by atoms with Crippen LogP contribution in [-0.2, 0) is 19.1 Å². The van der Waals surface area contributed by atoms with E-state index in [1.165, 1.54) is 18.2 Å². The third-order valence-electron chi connectivity index (χ3n) is 3.81. The Morgan fingerprint density at radius 3 is 2.64 bits per heavy atom. The number of hydrogen-bond acceptors (Lipinski definition) is 7. The molecular formula is C16H21N3O6. The first-order valence-corrected chi connectivity index (χ1v) is 8.06. The summed E-state index contributed by atoms with van der Waals surface area (Å²) in [5.74, 6) is -1.94. The molecule has 0 saturated carbocycles. The number of rotatable bonds is 6. The average Bonchev–Trinajstić information content (AvgIpc) is 2.63. The number of carbonyl (C=O) groups excluding carboxylic acids is 2. The fourth-order valence-corrected chi connectivity index (χ4v) is 2.55. The maximum absolute atomic E-state index is 12.5. The van der Waals surface area contributed by atoms with Crippen LogP contribution in [0.1, 0.15) is 6.92 Å². The van der Waals surface area contributed by atoms with E-state index in [0.717, 1.165) is 4.90 Å². The molecule has 2 rings (SSSR count). The molecule has 136 valence electrons. The largest absolute Gasteiger partial charge is 0.459 e. The molecule has 9 nitrogen and oxygen atoms in total. The zero-order valence-corrected chi connectivity index (χ0v) is 14.1. The van der Waals surface area contributed by atoms with Gasteiger partial charge in [0.2, 0.25) is 0 Å². The van der Waals surface area contributed by atoms with Crippen LogP contribution in [0, 0.1) is 10.1 Å². The van der Waals surface area contributed by atoms with E-state index in [1.54, 1.807) is 13.0 Å². The van der Waals surface area contributed by atoms with Crippen molar-refractivity contribution in [2.75, 3.05) is 50.9 Å². The van der Waals surface area contributed by atoms with E-state index >= 15 is 0 Å². The number of morpholine rings is 1. The number of nitro groups is 1. The number of carbonyl (C=O) groups is 2. The van der Waals surface area contributed by atoms with Crippen molar-refractivity contribution >= 4 is 23.3 Å². The second-order valence-electron chi connectivity index (χ2n) is 5.38. The molecule has 0 aromatic heterocycles. The van der Waals surface area contributed by atoms with Gasteiger partial charge in [-0.3, -0.25) is 24.7 Å². The van der Waals surface area contributed by atoms with Gasteiger partial charge in [0.15, 0.2) is 0 Å². The molecule has 9 heteroatoms. The van der Waals surface area contributed by atoms with Gasteiger partial charge in [-0.2, -0.15) is 0 Å². The third-order valence-corrected chi connectivity index (χ3v) is 3.81. The first kappa shape index (κ1) is 18.8. The second-order valence-corrected chi connectivity index (χ2v) is 5.38. The summed E-state index contributed by atoms with van der Waals surface area (Å²) < 4.78 is 10.0. The summed E-state index contributed by atoms with van der Waals surface area (Å²) >= 11 is 0. The molecular weight excluding hydrogens is 330 g/mol. The number of nitrogens with zero attached hydrogens (tertiary/aromatic N) is 3. The van der Waals surface area contributed by atoms with E-state index < -0.39 is 16.8 Å². The molecule has 0 spiro atoms. The van der Waals surface area contributed by atoms with Gasteiger partial charge in [0.1, 0.15) is 5.69 Å². The molecule has 0 radical (unpaired) electrons. The lowest BCUT2D eigenvalue weighted by Gasteiger charge is -2.29. The highest BCUT2D eigenvalue weighted by Crippen LogP contribution is 2.27. The summed E-state index contributed by atoms with van der Waals surface area (Å²) in [4.78, 5) is 38.2. The van der Waals surface area contributed by atoms with Gasteiger partial charge in [0.05, 0.1) is 24.7 Å². The van der Waals surface area contributed by atoms with Crippen LogP contribution in [0.2, 0.25) is 0 Å². The second kappa shape index (κ2) is 9.09. The zero-order valence-electron chi connectivity index (χ0n) is 14.1. The minimum Gasteiger partial charge on any atom is -0.459 e. The van der Waals surface area contributed by atoms with Gasteiger partial charge in [0, 0.05) is 32.2 Å². The highest BCUT2D eigenvalue weighted by Gasteiger charge is 2.30. The summed E-state index contributed by atoms with van der Waals surface area (Å²) in [6.07, 6.45) is 0. The highest BCUT2D eigenvalue weighted by atomic mass is 16.6. The van der Waals surface area contributed by atoms with E-state index in [9.17, 15) is 19.7 Å². The molecule has 1 saturated heterocycles. The van der Waals surface area contributed by atoms with Crippen molar-refractivity contribution in [1.29, 1.82) is 0 Å². The van der Waals surface area contributed by atoms with Crippen molar-refractivity contribution in [3.8, 4) is 0 Å². The van der Waals surface area contributed by atoms with Gasteiger partial charge in [-0.25, -0.2) is 4.79 Å². The van der Waals surface area contributed by atoms with Crippen LogP contribution in [0.25, 0.3) is 0 Å². The van der Waals surface area contributed by atoms with Gasteiger partial charge in [-0.1, -0.05) is 12.1 Å². The molecule has 1 heterocycles. The predicted octanol–water partition coefficient (Wildman–Crippen LogP) is 0.823. The summed E-state index contributed by atoms with van der Waals surface area (Å²) in [5.41, 5.74) is -0.152. The Morgan fingerprint density at radius 1 is 1.32 bits per heavy atom. The highest BCUT2D eigenvalue weighted by molar-refractivity contribution is 6.38. The Kier molecular flexibility index (Phi) is 6.84. The van der Waals surface area contributed by atoms with E-state index in [1.807, 2.05) is 0 Å². The van der Waals surface area contributed by atoms with Crippen molar-refractivity contribution in [3.63, 3.8) is 0 Å². The quantitative estimate of drug-likeness (QED) is 0.324. The van der Waals surface area contributed by atoms with Crippen molar-refractivity contribution in [2.45, 2.75) is 6.92 Å². The summed E-state index contributed by atoms with van der Waals surface area (Å²) in [6.45, 7) is 4.86. The van der Waals surface area contributed by atoms with Crippen LogP contribution in [0.15, 0.2) is 24.3 Å². The Bertz CT molecular complexity index is 630. The first-order chi connectivity index (χ1) is 12.0. The smallest absolute Gasteiger partial charge is 0.397 e. The van der Waals surface area contributed by atoms with Gasteiger partial charge in [0.25, 0.3) is 5.69 Å². The van der Waals surface area contributed by atoms with E-state index in [0.29, 0.717) is 32.8 Å². The number of amides is 1. The van der Waals surface area contributed by atoms with E-state index in [4.69, 9.17) is 9.47 Å². The molecule has 0 atom stereocenters. The van der Waals surface area contributed by atoms with Gasteiger partial charge < -0.3 is 9.47 Å². The van der Waals surface area contributed by atoms with E-state index in [2.05, 4.69) is 4.90 Å². The van der Waals surface area contributed by atoms with Gasteiger partial charge >= 0.3 is 11.9 Å². The lowest BCUT2D eigenvalue weighted by molar-refractivity contribution is -0.384. The number of nitro benzene ring substituents is 1. The van der Waals surface area contributed by atoms with Crippen LogP contribution in [0.4, 0.5) is 11.4 Å². The van der Waals surface area contributed by atoms with Crippen LogP contribution in [0.3, 0.4) is 0 Å². The fraction of sp³-hybridized carbons (Fsp3) is 0.500. The summed E-state index contributed by atoms with van der Waals surface area (Å²) in [5, 5.41) is 11.3. The maximum Gasteiger partial charge on any atom is 0.397 e. The third kappa shape index (κ3) is 4.97. The van der Waals surface area contributed by atoms with Gasteiger partial charge in [-0.05, 0) is 13.0 Å². The number of anilines is 1. The summed E-state index contributed by atoms with van der Waals surface area (Å²) in [6, 6.07) is 5.85. The molecule has 25 heavy (non-hydrogen) atoms. The fourth-order valence-electron chi connectivity index (χ4n) is 2.55.